The van der Waals surface area contributed by atoms with Gasteiger partial charge in [-0.25, -0.2) is 0 Å². The lowest BCUT2D eigenvalue weighted by Gasteiger charge is -2.16. The first-order valence-electron chi connectivity index (χ1n) is 11.1. The van der Waals surface area contributed by atoms with E-state index in [1.165, 1.54) is 38.5 Å². The summed E-state index contributed by atoms with van der Waals surface area (Å²) in [5.74, 6) is 0.871. The van der Waals surface area contributed by atoms with Gasteiger partial charge in [0.2, 0.25) is 23.5 Å². The molecule has 0 aromatic heterocycles. The van der Waals surface area contributed by atoms with Crippen LogP contribution < -0.4 is 21.7 Å². The Morgan fingerprint density at radius 3 is 1.97 bits per heavy atom. The van der Waals surface area contributed by atoms with E-state index in [-0.39, 0.29) is 18.2 Å². The molecule has 0 aromatic carbocycles. The van der Waals surface area contributed by atoms with Crippen molar-refractivity contribution in [1.29, 1.82) is 0 Å². The zero-order valence-corrected chi connectivity index (χ0v) is 19.7. The molecule has 10 heteroatoms. The molecule has 0 spiro atoms. The van der Waals surface area contributed by atoms with Gasteiger partial charge in [-0.3, -0.25) is 24.0 Å². The number of carbonyl (C=O) groups is 5. The summed E-state index contributed by atoms with van der Waals surface area (Å²) in [5.41, 5.74) is 4.78. The lowest BCUT2D eigenvalue weighted by Crippen LogP contribution is -2.50. The van der Waals surface area contributed by atoms with E-state index in [4.69, 9.17) is 5.73 Å². The number of rotatable bonds is 17. The minimum atomic E-state index is -0.949. The van der Waals surface area contributed by atoms with Gasteiger partial charge in [-0.15, -0.1) is 0 Å². The van der Waals surface area contributed by atoms with Crippen molar-refractivity contribution in [2.75, 3.05) is 18.8 Å². The first-order chi connectivity index (χ1) is 15.3. The molecule has 0 saturated carbocycles. The number of Topliss-reactive ketones (excluding diaryl/α,β-unsaturated/α-hetero) is 1. The second-order valence-corrected chi connectivity index (χ2v) is 7.78. The van der Waals surface area contributed by atoms with E-state index in [0.29, 0.717) is 6.42 Å². The third-order valence-corrected chi connectivity index (χ3v) is 4.90. The Morgan fingerprint density at radius 2 is 1.41 bits per heavy atom. The minimum absolute atomic E-state index is 0.0815. The number of hydrogen-bond acceptors (Lipinski definition) is 6. The van der Waals surface area contributed by atoms with Crippen LogP contribution in [0.1, 0.15) is 71.1 Å². The Balaban J connectivity index is 4.02. The number of nitrogens with one attached hydrogen (secondary N) is 3. The summed E-state index contributed by atoms with van der Waals surface area (Å²) in [6.45, 7) is 1.40. The number of primary amides is 1. The van der Waals surface area contributed by atoms with Gasteiger partial charge in [-0.05, 0) is 12.3 Å². The molecule has 0 aliphatic carbocycles. The topological polar surface area (TPSA) is 147 Å². The Hall–Kier alpha value is -2.54. The smallest absolute Gasteiger partial charge is 0.293 e. The van der Waals surface area contributed by atoms with Crippen molar-refractivity contribution in [3.05, 3.63) is 0 Å². The molecule has 0 saturated heterocycles. The highest BCUT2D eigenvalue weighted by atomic mass is 32.1. The largest absolute Gasteiger partial charge is 0.359 e. The molecule has 1 atom stereocenters. The van der Waals surface area contributed by atoms with Crippen LogP contribution in [0.5, 0.6) is 0 Å². The first-order valence-corrected chi connectivity index (χ1v) is 11.7. The van der Waals surface area contributed by atoms with E-state index < -0.39 is 36.1 Å². The van der Waals surface area contributed by atoms with E-state index in [1.54, 1.807) is 0 Å². The maximum atomic E-state index is 12.2. The van der Waals surface area contributed by atoms with Crippen molar-refractivity contribution in [3.8, 4) is 11.8 Å². The summed E-state index contributed by atoms with van der Waals surface area (Å²) in [6, 6.07) is -0.861. The molecule has 0 fully saturated rings. The lowest BCUT2D eigenvalue weighted by molar-refractivity contribution is -0.130. The fourth-order valence-electron chi connectivity index (χ4n) is 2.76. The summed E-state index contributed by atoms with van der Waals surface area (Å²) in [5, 5.41) is 7.25. The van der Waals surface area contributed by atoms with Crippen LogP contribution in [0.4, 0.5) is 0 Å². The molecule has 0 aromatic rings. The van der Waals surface area contributed by atoms with Crippen molar-refractivity contribution in [3.63, 3.8) is 0 Å². The fourth-order valence-corrected chi connectivity index (χ4v) is 3.02. The summed E-state index contributed by atoms with van der Waals surface area (Å²) >= 11 is 4.08. The quantitative estimate of drug-likeness (QED) is 0.0918. The van der Waals surface area contributed by atoms with Gasteiger partial charge < -0.3 is 21.7 Å². The van der Waals surface area contributed by atoms with Crippen LogP contribution in [0.25, 0.3) is 0 Å². The molecule has 0 aliphatic rings. The maximum Gasteiger partial charge on any atom is 0.293 e. The third kappa shape index (κ3) is 17.2. The zero-order valence-electron chi connectivity index (χ0n) is 18.8. The molecule has 0 rings (SSSR count). The van der Waals surface area contributed by atoms with Crippen molar-refractivity contribution in [1.82, 2.24) is 16.0 Å². The van der Waals surface area contributed by atoms with Gasteiger partial charge in [0.05, 0.1) is 13.1 Å². The molecule has 0 radical (unpaired) electrons. The first kappa shape index (κ1) is 29.5. The highest BCUT2D eigenvalue weighted by Gasteiger charge is 2.19. The highest BCUT2D eigenvalue weighted by Crippen LogP contribution is 2.10. The summed E-state index contributed by atoms with van der Waals surface area (Å²) in [6.07, 6.45) is 10.7. The standard InChI is InChI=1S/C22H36N4O5S/c1-2-3-4-5-6-7-8-9-10-11-20(29)26-18(16-32)22(31)25-15-21(30)24-14-17(27)12-13-19(23)28/h18,32H,2-11,14-16H2,1H3,(H2,23,28)(H,24,30)(H,25,31)(H,26,29). The monoisotopic (exact) mass is 468 g/mol. The van der Waals surface area contributed by atoms with E-state index in [0.717, 1.165) is 19.3 Å². The molecule has 180 valence electrons. The third-order valence-electron chi connectivity index (χ3n) is 4.54. The van der Waals surface area contributed by atoms with Crippen LogP contribution in [0.15, 0.2) is 0 Å². The number of ketones is 1. The van der Waals surface area contributed by atoms with E-state index in [2.05, 4.69) is 35.5 Å². The molecular weight excluding hydrogens is 432 g/mol. The van der Waals surface area contributed by atoms with Crippen molar-refractivity contribution < 1.29 is 24.0 Å². The van der Waals surface area contributed by atoms with Crippen LogP contribution in [0.2, 0.25) is 0 Å². The van der Waals surface area contributed by atoms with Crippen molar-refractivity contribution in [2.24, 2.45) is 5.73 Å². The normalized spacial score (nSPS) is 10.9. The second kappa shape index (κ2) is 19.2. The van der Waals surface area contributed by atoms with Crippen LogP contribution in [-0.4, -0.2) is 54.3 Å². The molecule has 32 heavy (non-hydrogen) atoms. The number of hydrogen-bond donors (Lipinski definition) is 5. The Bertz CT molecular complexity index is 688. The van der Waals surface area contributed by atoms with E-state index in [9.17, 15) is 24.0 Å². The fraction of sp³-hybridized carbons (Fsp3) is 0.682. The van der Waals surface area contributed by atoms with Gasteiger partial charge in [-0.2, -0.15) is 12.6 Å². The average molecular weight is 469 g/mol. The highest BCUT2D eigenvalue weighted by molar-refractivity contribution is 7.80. The van der Waals surface area contributed by atoms with Gasteiger partial charge in [0.15, 0.2) is 0 Å². The average Bonchev–Trinajstić information content (AvgIpc) is 2.76. The predicted molar refractivity (Wildman–Crippen MR) is 126 cm³/mol. The van der Waals surface area contributed by atoms with Crippen LogP contribution >= 0.6 is 12.6 Å². The lowest BCUT2D eigenvalue weighted by atomic mass is 10.1. The Morgan fingerprint density at radius 1 is 0.812 bits per heavy atom. The molecule has 0 heterocycles. The predicted octanol–water partition coefficient (Wildman–Crippen LogP) is 0.612. The van der Waals surface area contributed by atoms with Gasteiger partial charge >= 0.3 is 0 Å². The summed E-state index contributed by atoms with van der Waals surface area (Å²) in [4.78, 5) is 57.7. The SMILES string of the molecule is CCCCCCCCCCCC(=O)NC(CS)C(=O)NCC(=O)NCC(=O)C#CC(N)=O. The van der Waals surface area contributed by atoms with Crippen molar-refractivity contribution >= 4 is 42.0 Å². The summed E-state index contributed by atoms with van der Waals surface area (Å²) < 4.78 is 0. The number of unbranched alkanes of at least 4 members (excludes halogenated alkanes) is 8. The van der Waals surface area contributed by atoms with Crippen LogP contribution in [0.3, 0.4) is 0 Å². The second-order valence-electron chi connectivity index (χ2n) is 7.41. The van der Waals surface area contributed by atoms with Gasteiger partial charge in [-0.1, -0.05) is 58.3 Å². The molecule has 0 aliphatic heterocycles. The summed E-state index contributed by atoms with van der Waals surface area (Å²) in [7, 11) is 0. The Labute approximate surface area is 195 Å². The number of nitrogens with two attached hydrogens (primary N) is 1. The molecule has 0 bridgehead atoms. The van der Waals surface area contributed by atoms with Crippen molar-refractivity contribution in [2.45, 2.75) is 77.2 Å². The molecule has 5 N–H and O–H groups in total. The molecule has 9 nitrogen and oxygen atoms in total. The molecule has 4 amide bonds. The van der Waals surface area contributed by atoms with Gasteiger partial charge in [0, 0.05) is 18.1 Å². The maximum absolute atomic E-state index is 12.2. The number of thiol groups is 1. The van der Waals surface area contributed by atoms with Gasteiger partial charge in [0.25, 0.3) is 5.91 Å². The van der Waals surface area contributed by atoms with Crippen LogP contribution in [-0.2, 0) is 24.0 Å². The number of amides is 4. The molecular formula is C22H36N4O5S. The Kier molecular flexibility index (Phi) is 17.6. The van der Waals surface area contributed by atoms with E-state index >= 15 is 0 Å². The molecule has 1 unspecified atom stereocenters. The van der Waals surface area contributed by atoms with Crippen LogP contribution in [0, 0.1) is 11.8 Å². The zero-order chi connectivity index (χ0) is 24.2. The number of carbonyl (C=O) groups excluding carboxylic acids is 5. The minimum Gasteiger partial charge on any atom is -0.359 e. The van der Waals surface area contributed by atoms with E-state index in [1.807, 2.05) is 11.8 Å². The van der Waals surface area contributed by atoms with Gasteiger partial charge in [0.1, 0.15) is 6.04 Å².